The van der Waals surface area contributed by atoms with E-state index in [2.05, 4.69) is 9.72 Å². The maximum absolute atomic E-state index is 11.3. The van der Waals surface area contributed by atoms with Crippen molar-refractivity contribution < 1.29 is 13.9 Å². The highest BCUT2D eigenvalue weighted by Crippen LogP contribution is 2.25. The summed E-state index contributed by atoms with van der Waals surface area (Å²) in [7, 11) is 1.30. The lowest BCUT2D eigenvalue weighted by Gasteiger charge is -1.97. The van der Waals surface area contributed by atoms with Crippen LogP contribution in [-0.4, -0.2) is 18.1 Å². The van der Waals surface area contributed by atoms with E-state index in [9.17, 15) is 4.79 Å². The predicted molar refractivity (Wildman–Crippen MR) is 50.4 cm³/mol. The average molecular weight is 212 g/mol. The molecule has 0 N–H and O–H groups in total. The molecule has 0 aliphatic carbocycles. The molecule has 0 atom stereocenters. The molecule has 2 rings (SSSR count). The zero-order valence-corrected chi connectivity index (χ0v) is 8.04. The Hall–Kier alpha value is -1.55. The van der Waals surface area contributed by atoms with Gasteiger partial charge in [0.25, 0.3) is 0 Å². The summed E-state index contributed by atoms with van der Waals surface area (Å²) in [5.74, 6) is -0.492. The molecule has 14 heavy (non-hydrogen) atoms. The molecule has 5 heteroatoms. The molecular formula is C9H6ClNO3. The number of esters is 1. The lowest BCUT2D eigenvalue weighted by Crippen LogP contribution is -2.01. The highest BCUT2D eigenvalue weighted by molar-refractivity contribution is 6.30. The summed E-state index contributed by atoms with van der Waals surface area (Å²) in [5, 5.41) is 0.899. The Kier molecular flexibility index (Phi) is 2.13. The summed E-state index contributed by atoms with van der Waals surface area (Å²) < 4.78 is 9.72. The number of halogens is 1. The number of carbonyl (C=O) groups is 1. The summed E-state index contributed by atoms with van der Waals surface area (Å²) in [6.45, 7) is 0. The Morgan fingerprint density at radius 3 is 3.07 bits per heavy atom. The van der Waals surface area contributed by atoms with E-state index in [0.29, 0.717) is 11.0 Å². The van der Waals surface area contributed by atoms with E-state index in [0.717, 1.165) is 0 Å². The van der Waals surface area contributed by atoms with Crippen LogP contribution in [0.1, 0.15) is 10.4 Å². The first-order valence-corrected chi connectivity index (χ1v) is 4.21. The SMILES string of the molecule is COC(=O)c1cncc2cc(Cl)oc12. The molecule has 0 unspecified atom stereocenters. The van der Waals surface area contributed by atoms with Gasteiger partial charge in [-0.2, -0.15) is 0 Å². The molecule has 0 saturated heterocycles. The number of aromatic nitrogens is 1. The van der Waals surface area contributed by atoms with Gasteiger partial charge >= 0.3 is 5.97 Å². The number of fused-ring (bicyclic) bond motifs is 1. The molecule has 0 spiro atoms. The van der Waals surface area contributed by atoms with E-state index in [4.69, 9.17) is 16.0 Å². The number of nitrogens with zero attached hydrogens (tertiary/aromatic N) is 1. The fourth-order valence-corrected chi connectivity index (χ4v) is 1.38. The molecule has 0 radical (unpaired) electrons. The number of ether oxygens (including phenoxy) is 1. The van der Waals surface area contributed by atoms with E-state index in [-0.39, 0.29) is 10.8 Å². The van der Waals surface area contributed by atoms with Gasteiger partial charge in [0.05, 0.1) is 7.11 Å². The van der Waals surface area contributed by atoms with Crippen molar-refractivity contribution in [2.75, 3.05) is 7.11 Å². The predicted octanol–water partition coefficient (Wildman–Crippen LogP) is 2.27. The highest BCUT2D eigenvalue weighted by Gasteiger charge is 2.14. The van der Waals surface area contributed by atoms with E-state index in [1.54, 1.807) is 12.3 Å². The molecule has 72 valence electrons. The normalized spacial score (nSPS) is 10.4. The molecule has 0 bridgehead atoms. The van der Waals surface area contributed by atoms with E-state index in [1.165, 1.54) is 13.3 Å². The third-order valence-corrected chi connectivity index (χ3v) is 1.98. The van der Waals surface area contributed by atoms with Gasteiger partial charge in [0.1, 0.15) is 5.56 Å². The Labute approximate surface area is 84.4 Å². The number of pyridine rings is 1. The quantitative estimate of drug-likeness (QED) is 0.679. The maximum atomic E-state index is 11.3. The number of methoxy groups -OCH3 is 1. The van der Waals surface area contributed by atoms with Crippen LogP contribution in [0.3, 0.4) is 0 Å². The van der Waals surface area contributed by atoms with Gasteiger partial charge < -0.3 is 9.15 Å². The Morgan fingerprint density at radius 2 is 2.36 bits per heavy atom. The lowest BCUT2D eigenvalue weighted by molar-refractivity contribution is 0.0601. The van der Waals surface area contributed by atoms with Crippen LogP contribution in [0.15, 0.2) is 22.9 Å². The van der Waals surface area contributed by atoms with Crippen molar-refractivity contribution in [2.45, 2.75) is 0 Å². The van der Waals surface area contributed by atoms with Crippen molar-refractivity contribution >= 4 is 28.5 Å². The fourth-order valence-electron chi connectivity index (χ4n) is 1.19. The lowest BCUT2D eigenvalue weighted by atomic mass is 10.2. The van der Waals surface area contributed by atoms with Crippen molar-refractivity contribution in [3.05, 3.63) is 29.2 Å². The Bertz CT molecular complexity index is 492. The average Bonchev–Trinajstić information content (AvgIpc) is 2.56. The molecule has 4 nitrogen and oxygen atoms in total. The molecule has 2 heterocycles. The number of hydrogen-bond acceptors (Lipinski definition) is 4. The smallest absolute Gasteiger partial charge is 0.343 e. The van der Waals surface area contributed by atoms with Gasteiger partial charge in [-0.25, -0.2) is 4.79 Å². The number of hydrogen-bond donors (Lipinski definition) is 0. The summed E-state index contributed by atoms with van der Waals surface area (Å²) in [5.41, 5.74) is 0.675. The molecular weight excluding hydrogens is 206 g/mol. The van der Waals surface area contributed by atoms with Gasteiger partial charge in [-0.15, -0.1) is 0 Å². The molecule has 0 aromatic carbocycles. The second-order valence-electron chi connectivity index (χ2n) is 2.65. The van der Waals surface area contributed by atoms with Crippen molar-refractivity contribution in [3.63, 3.8) is 0 Å². The first kappa shape index (κ1) is 9.02. The van der Waals surface area contributed by atoms with Crippen molar-refractivity contribution in [1.82, 2.24) is 4.98 Å². The van der Waals surface area contributed by atoms with Crippen molar-refractivity contribution in [3.8, 4) is 0 Å². The Balaban J connectivity index is 2.70. The van der Waals surface area contributed by atoms with E-state index in [1.807, 2.05) is 0 Å². The molecule has 2 aromatic rings. The van der Waals surface area contributed by atoms with Crippen LogP contribution in [0.4, 0.5) is 0 Å². The minimum atomic E-state index is -0.492. The third-order valence-electron chi connectivity index (χ3n) is 1.80. The summed E-state index contributed by atoms with van der Waals surface area (Å²) >= 11 is 5.66. The monoisotopic (exact) mass is 211 g/mol. The number of rotatable bonds is 1. The first-order chi connectivity index (χ1) is 6.72. The van der Waals surface area contributed by atoms with Crippen LogP contribution in [-0.2, 0) is 4.74 Å². The summed E-state index contributed by atoms with van der Waals surface area (Å²) in [6, 6.07) is 1.59. The Morgan fingerprint density at radius 1 is 1.57 bits per heavy atom. The molecule has 0 fully saturated rings. The molecule has 0 aliphatic heterocycles. The third kappa shape index (κ3) is 1.33. The zero-order chi connectivity index (χ0) is 10.1. The number of furan rings is 1. The fraction of sp³-hybridized carbons (Fsp3) is 0.111. The van der Waals surface area contributed by atoms with Gasteiger partial charge in [-0.1, -0.05) is 0 Å². The highest BCUT2D eigenvalue weighted by atomic mass is 35.5. The zero-order valence-electron chi connectivity index (χ0n) is 7.28. The van der Waals surface area contributed by atoms with E-state index >= 15 is 0 Å². The summed E-state index contributed by atoms with van der Waals surface area (Å²) in [4.78, 5) is 15.1. The van der Waals surface area contributed by atoms with Gasteiger partial charge in [0.2, 0.25) is 0 Å². The maximum Gasteiger partial charge on any atom is 0.343 e. The number of carbonyl (C=O) groups excluding carboxylic acids is 1. The van der Waals surface area contributed by atoms with Crippen LogP contribution in [0.25, 0.3) is 11.0 Å². The van der Waals surface area contributed by atoms with Crippen LogP contribution in [0, 0.1) is 0 Å². The van der Waals surface area contributed by atoms with Gasteiger partial charge in [-0.3, -0.25) is 4.98 Å². The second-order valence-corrected chi connectivity index (χ2v) is 3.02. The van der Waals surface area contributed by atoms with Crippen molar-refractivity contribution in [2.24, 2.45) is 0 Å². The molecule has 2 aromatic heterocycles. The van der Waals surface area contributed by atoms with Crippen molar-refractivity contribution in [1.29, 1.82) is 0 Å². The van der Waals surface area contributed by atoms with Crippen LogP contribution in [0.2, 0.25) is 5.22 Å². The molecule has 0 saturated carbocycles. The van der Waals surface area contributed by atoms with E-state index < -0.39 is 5.97 Å². The summed E-state index contributed by atoms with van der Waals surface area (Å²) in [6.07, 6.45) is 2.95. The molecule has 0 amide bonds. The molecule has 0 aliphatic rings. The standard InChI is InChI=1S/C9H6ClNO3/c1-13-9(12)6-4-11-3-5-2-7(10)14-8(5)6/h2-4H,1H3. The van der Waals surface area contributed by atoms with Crippen LogP contribution in [0.5, 0.6) is 0 Å². The first-order valence-electron chi connectivity index (χ1n) is 3.83. The minimum absolute atomic E-state index is 0.221. The topological polar surface area (TPSA) is 52.3 Å². The minimum Gasteiger partial charge on any atom is -0.465 e. The largest absolute Gasteiger partial charge is 0.465 e. The second kappa shape index (κ2) is 3.31. The van der Waals surface area contributed by atoms with Crippen LogP contribution < -0.4 is 0 Å². The van der Waals surface area contributed by atoms with Gasteiger partial charge in [0, 0.05) is 23.8 Å². The van der Waals surface area contributed by atoms with Gasteiger partial charge in [0.15, 0.2) is 10.8 Å². The van der Waals surface area contributed by atoms with Crippen LogP contribution >= 0.6 is 11.6 Å². The van der Waals surface area contributed by atoms with Gasteiger partial charge in [-0.05, 0) is 11.6 Å².